The zero-order chi connectivity index (χ0) is 16.4. The Labute approximate surface area is 143 Å². The molecule has 122 valence electrons. The van der Waals surface area contributed by atoms with Crippen LogP contribution in [0.25, 0.3) is 0 Å². The van der Waals surface area contributed by atoms with E-state index in [2.05, 4.69) is 15.5 Å². The minimum atomic E-state index is -0.239. The SMILES string of the molecule is COCc1nnc2n1CCN(C(=O)Nc1ccc(Cl)cc1Cl)C2. The molecule has 1 aliphatic heterocycles. The summed E-state index contributed by atoms with van der Waals surface area (Å²) in [5.74, 6) is 1.50. The number of rotatable bonds is 3. The van der Waals surface area contributed by atoms with Crippen molar-refractivity contribution < 1.29 is 9.53 Å². The van der Waals surface area contributed by atoms with E-state index in [0.29, 0.717) is 42.0 Å². The number of fused-ring (bicyclic) bond motifs is 1. The third-order valence-corrected chi connectivity index (χ3v) is 4.11. The highest BCUT2D eigenvalue weighted by molar-refractivity contribution is 6.36. The summed E-state index contributed by atoms with van der Waals surface area (Å²) in [6.45, 7) is 1.97. The van der Waals surface area contributed by atoms with Crippen molar-refractivity contribution >= 4 is 34.9 Å². The summed E-state index contributed by atoms with van der Waals surface area (Å²) in [5, 5.41) is 11.9. The number of ether oxygens (including phenoxy) is 1. The Morgan fingerprint density at radius 1 is 1.35 bits per heavy atom. The fraction of sp³-hybridized carbons (Fsp3) is 0.357. The average molecular weight is 356 g/mol. The fourth-order valence-electron chi connectivity index (χ4n) is 2.41. The number of hydrogen-bond donors (Lipinski definition) is 1. The van der Waals surface area contributed by atoms with Crippen molar-refractivity contribution in [2.24, 2.45) is 0 Å². The normalized spacial score (nSPS) is 13.8. The summed E-state index contributed by atoms with van der Waals surface area (Å²) in [7, 11) is 1.61. The standard InChI is InChI=1S/C14H15Cl2N5O2/c1-23-8-13-19-18-12-7-20(4-5-21(12)13)14(22)17-11-3-2-9(15)6-10(11)16/h2-3,6H,4-5,7-8H2,1H3,(H,17,22). The van der Waals surface area contributed by atoms with E-state index in [-0.39, 0.29) is 6.03 Å². The number of methoxy groups -OCH3 is 1. The van der Waals surface area contributed by atoms with Crippen LogP contribution in [0.15, 0.2) is 18.2 Å². The first-order chi connectivity index (χ1) is 11.1. The van der Waals surface area contributed by atoms with Gasteiger partial charge in [-0.3, -0.25) is 0 Å². The Balaban J connectivity index is 1.69. The van der Waals surface area contributed by atoms with E-state index in [1.54, 1.807) is 30.2 Å². The minimum absolute atomic E-state index is 0.239. The van der Waals surface area contributed by atoms with Gasteiger partial charge in [0.2, 0.25) is 0 Å². The molecule has 0 spiro atoms. The fourth-order valence-corrected chi connectivity index (χ4v) is 2.87. The lowest BCUT2D eigenvalue weighted by Gasteiger charge is -2.28. The predicted octanol–water partition coefficient (Wildman–Crippen LogP) is 2.78. The number of aromatic nitrogens is 3. The molecule has 7 nitrogen and oxygen atoms in total. The first-order valence-corrected chi connectivity index (χ1v) is 7.75. The highest BCUT2D eigenvalue weighted by Crippen LogP contribution is 2.26. The number of anilines is 1. The summed E-state index contributed by atoms with van der Waals surface area (Å²) < 4.78 is 7.06. The van der Waals surface area contributed by atoms with Gasteiger partial charge in [-0.2, -0.15) is 0 Å². The van der Waals surface area contributed by atoms with Gasteiger partial charge in [0, 0.05) is 25.2 Å². The smallest absolute Gasteiger partial charge is 0.322 e. The molecule has 0 fully saturated rings. The zero-order valence-corrected chi connectivity index (χ0v) is 13.9. The first kappa shape index (κ1) is 16.0. The molecule has 0 saturated carbocycles. The van der Waals surface area contributed by atoms with Crippen molar-refractivity contribution in [1.29, 1.82) is 0 Å². The molecule has 0 atom stereocenters. The highest BCUT2D eigenvalue weighted by atomic mass is 35.5. The lowest BCUT2D eigenvalue weighted by molar-refractivity contribution is 0.167. The second-order valence-electron chi connectivity index (χ2n) is 5.09. The Hall–Kier alpha value is -1.83. The van der Waals surface area contributed by atoms with Crippen molar-refractivity contribution in [3.63, 3.8) is 0 Å². The van der Waals surface area contributed by atoms with Crippen molar-refractivity contribution in [3.8, 4) is 0 Å². The van der Waals surface area contributed by atoms with Gasteiger partial charge in [-0.05, 0) is 18.2 Å². The molecule has 2 heterocycles. The van der Waals surface area contributed by atoms with E-state index in [4.69, 9.17) is 27.9 Å². The zero-order valence-electron chi connectivity index (χ0n) is 12.4. The topological polar surface area (TPSA) is 72.3 Å². The number of benzene rings is 1. The van der Waals surface area contributed by atoms with Crippen molar-refractivity contribution in [1.82, 2.24) is 19.7 Å². The molecule has 1 aromatic carbocycles. The van der Waals surface area contributed by atoms with E-state index in [9.17, 15) is 4.79 Å². The number of halogens is 2. The van der Waals surface area contributed by atoms with E-state index >= 15 is 0 Å². The third kappa shape index (κ3) is 3.41. The number of carbonyl (C=O) groups excluding carboxylic acids is 1. The average Bonchev–Trinajstić information content (AvgIpc) is 2.93. The first-order valence-electron chi connectivity index (χ1n) is 6.99. The van der Waals surface area contributed by atoms with E-state index in [1.165, 1.54) is 0 Å². The lowest BCUT2D eigenvalue weighted by atomic mass is 10.3. The summed E-state index contributed by atoms with van der Waals surface area (Å²) in [6, 6.07) is 4.69. The van der Waals surface area contributed by atoms with E-state index in [0.717, 1.165) is 11.6 Å². The summed E-state index contributed by atoms with van der Waals surface area (Å²) >= 11 is 11.9. The molecule has 0 bridgehead atoms. The molecule has 2 aromatic rings. The minimum Gasteiger partial charge on any atom is -0.377 e. The van der Waals surface area contributed by atoms with Crippen LogP contribution in [0.5, 0.6) is 0 Å². The van der Waals surface area contributed by atoms with Crippen LogP contribution < -0.4 is 5.32 Å². The van der Waals surface area contributed by atoms with Gasteiger partial charge in [0.15, 0.2) is 11.6 Å². The molecule has 1 aliphatic rings. The lowest BCUT2D eigenvalue weighted by Crippen LogP contribution is -2.41. The van der Waals surface area contributed by atoms with Crippen LogP contribution in [-0.2, 0) is 24.4 Å². The summed E-state index contributed by atoms with van der Waals surface area (Å²) in [6.07, 6.45) is 0. The van der Waals surface area contributed by atoms with Gasteiger partial charge >= 0.3 is 6.03 Å². The molecule has 2 amide bonds. The number of amides is 2. The van der Waals surface area contributed by atoms with Crippen LogP contribution in [0.2, 0.25) is 10.0 Å². The second-order valence-corrected chi connectivity index (χ2v) is 5.94. The van der Waals surface area contributed by atoms with Gasteiger partial charge in [0.1, 0.15) is 6.61 Å². The van der Waals surface area contributed by atoms with Gasteiger partial charge in [-0.15, -0.1) is 10.2 Å². The Morgan fingerprint density at radius 3 is 2.91 bits per heavy atom. The summed E-state index contributed by atoms with van der Waals surface area (Å²) in [5.41, 5.74) is 0.521. The van der Waals surface area contributed by atoms with Crippen LogP contribution in [0.4, 0.5) is 10.5 Å². The monoisotopic (exact) mass is 355 g/mol. The molecule has 0 radical (unpaired) electrons. The largest absolute Gasteiger partial charge is 0.377 e. The second kappa shape index (κ2) is 6.74. The molecular weight excluding hydrogens is 341 g/mol. The molecule has 0 aliphatic carbocycles. The van der Waals surface area contributed by atoms with Gasteiger partial charge in [-0.1, -0.05) is 23.2 Å². The number of nitrogens with zero attached hydrogens (tertiary/aromatic N) is 4. The maximum Gasteiger partial charge on any atom is 0.322 e. The number of carbonyl (C=O) groups is 1. The van der Waals surface area contributed by atoms with Gasteiger partial charge in [-0.25, -0.2) is 4.79 Å². The molecular formula is C14H15Cl2N5O2. The molecule has 23 heavy (non-hydrogen) atoms. The molecule has 0 unspecified atom stereocenters. The van der Waals surface area contributed by atoms with Crippen molar-refractivity contribution in [3.05, 3.63) is 39.9 Å². The summed E-state index contributed by atoms with van der Waals surface area (Å²) in [4.78, 5) is 14.0. The van der Waals surface area contributed by atoms with Crippen LogP contribution in [0, 0.1) is 0 Å². The van der Waals surface area contributed by atoms with Gasteiger partial charge in [0.05, 0.1) is 17.3 Å². The molecule has 3 rings (SSSR count). The van der Waals surface area contributed by atoms with Gasteiger partial charge < -0.3 is 19.5 Å². The quantitative estimate of drug-likeness (QED) is 0.918. The Bertz CT molecular complexity index is 734. The Morgan fingerprint density at radius 2 is 2.17 bits per heavy atom. The van der Waals surface area contributed by atoms with E-state index < -0.39 is 0 Å². The molecule has 9 heteroatoms. The van der Waals surface area contributed by atoms with Crippen LogP contribution in [-0.4, -0.2) is 39.4 Å². The predicted molar refractivity (Wildman–Crippen MR) is 86.6 cm³/mol. The maximum atomic E-state index is 12.4. The van der Waals surface area contributed by atoms with Crippen LogP contribution >= 0.6 is 23.2 Å². The van der Waals surface area contributed by atoms with E-state index in [1.807, 2.05) is 4.57 Å². The number of nitrogens with one attached hydrogen (secondary N) is 1. The van der Waals surface area contributed by atoms with Crippen molar-refractivity contribution in [2.45, 2.75) is 19.7 Å². The van der Waals surface area contributed by atoms with Crippen LogP contribution in [0.3, 0.4) is 0 Å². The third-order valence-electron chi connectivity index (χ3n) is 3.56. The number of urea groups is 1. The Kier molecular flexibility index (Phi) is 4.70. The molecule has 0 saturated heterocycles. The van der Waals surface area contributed by atoms with Gasteiger partial charge in [0.25, 0.3) is 0 Å². The number of hydrogen-bond acceptors (Lipinski definition) is 4. The maximum absolute atomic E-state index is 12.4. The molecule has 1 aromatic heterocycles. The highest BCUT2D eigenvalue weighted by Gasteiger charge is 2.24. The van der Waals surface area contributed by atoms with Crippen molar-refractivity contribution in [2.75, 3.05) is 19.0 Å². The molecule has 1 N–H and O–H groups in total. The van der Waals surface area contributed by atoms with Crippen LogP contribution in [0.1, 0.15) is 11.6 Å².